The number of nitrogens with one attached hydrogen (secondary N) is 1. The second-order valence-corrected chi connectivity index (χ2v) is 7.45. The van der Waals surface area contributed by atoms with E-state index in [4.69, 9.17) is 0 Å². The first-order valence-corrected chi connectivity index (χ1v) is 9.83. The lowest BCUT2D eigenvalue weighted by molar-refractivity contribution is 0.102. The molecule has 0 atom stereocenters. The Bertz CT molecular complexity index is 1300. The number of aryl methyl sites for hydroxylation is 1. The number of carbonyl (C=O) groups is 1. The van der Waals surface area contributed by atoms with E-state index in [9.17, 15) is 13.6 Å². The van der Waals surface area contributed by atoms with Crippen LogP contribution in [0.1, 0.15) is 22.3 Å². The van der Waals surface area contributed by atoms with Gasteiger partial charge in [-0.15, -0.1) is 10.2 Å². The van der Waals surface area contributed by atoms with E-state index in [0.717, 1.165) is 25.3 Å². The highest BCUT2D eigenvalue weighted by atomic mass is 19.1. The van der Waals surface area contributed by atoms with Crippen LogP contribution in [0.15, 0.2) is 48.8 Å². The Kier molecular flexibility index (Phi) is 4.58. The number of amides is 1. The fourth-order valence-corrected chi connectivity index (χ4v) is 3.51. The Labute approximate surface area is 176 Å². The number of aromatic nitrogens is 4. The lowest BCUT2D eigenvalue weighted by Gasteiger charge is -2.31. The van der Waals surface area contributed by atoms with Gasteiger partial charge in [0.1, 0.15) is 11.6 Å². The van der Waals surface area contributed by atoms with Crippen molar-refractivity contribution in [3.8, 4) is 11.3 Å². The molecule has 0 bridgehead atoms. The van der Waals surface area contributed by atoms with Gasteiger partial charge < -0.3 is 10.2 Å². The van der Waals surface area contributed by atoms with Crippen LogP contribution in [0.4, 0.5) is 20.3 Å². The number of benzene rings is 1. The van der Waals surface area contributed by atoms with Gasteiger partial charge in [-0.25, -0.2) is 13.3 Å². The first-order valence-electron chi connectivity index (χ1n) is 9.83. The quantitative estimate of drug-likeness (QED) is 0.543. The first-order chi connectivity index (χ1) is 15.0. The summed E-state index contributed by atoms with van der Waals surface area (Å²) in [6.07, 6.45) is 3.68. The zero-order valence-electron chi connectivity index (χ0n) is 16.6. The van der Waals surface area contributed by atoms with Crippen molar-refractivity contribution in [2.45, 2.75) is 13.3 Å². The Hall–Kier alpha value is -3.88. The zero-order chi connectivity index (χ0) is 21.5. The zero-order valence-corrected chi connectivity index (χ0v) is 16.6. The number of fused-ring (bicyclic) bond motifs is 1. The van der Waals surface area contributed by atoms with E-state index in [1.54, 1.807) is 19.1 Å². The van der Waals surface area contributed by atoms with Gasteiger partial charge in [-0.3, -0.25) is 4.79 Å². The van der Waals surface area contributed by atoms with Crippen molar-refractivity contribution in [1.29, 1.82) is 0 Å². The van der Waals surface area contributed by atoms with Gasteiger partial charge in [-0.2, -0.15) is 5.10 Å². The molecule has 1 N–H and O–H groups in total. The molecule has 31 heavy (non-hydrogen) atoms. The summed E-state index contributed by atoms with van der Waals surface area (Å²) in [5, 5.41) is 15.2. The highest BCUT2D eigenvalue weighted by Crippen LogP contribution is 2.29. The highest BCUT2D eigenvalue weighted by molar-refractivity contribution is 6.09. The van der Waals surface area contributed by atoms with Gasteiger partial charge in [0.15, 0.2) is 5.82 Å². The second-order valence-electron chi connectivity index (χ2n) is 7.45. The Morgan fingerprint density at radius 1 is 1.10 bits per heavy atom. The standard InChI is InChI=1S/C22H18F2N6O/c1-13-9-17(24)15(18-4-6-21(28-27-18)29-7-2-8-29)10-19(13)26-22(31)16-11-25-30-12-14(23)3-5-20(16)30/h3-6,9-12H,2,7-8H2,1H3,(H,26,31). The maximum absolute atomic E-state index is 14.7. The van der Waals surface area contributed by atoms with Crippen molar-refractivity contribution in [1.82, 2.24) is 19.8 Å². The molecule has 1 aliphatic heterocycles. The molecule has 0 aliphatic carbocycles. The summed E-state index contributed by atoms with van der Waals surface area (Å²) in [4.78, 5) is 14.9. The van der Waals surface area contributed by atoms with Gasteiger partial charge in [0.05, 0.1) is 29.2 Å². The van der Waals surface area contributed by atoms with E-state index in [1.807, 2.05) is 6.07 Å². The average molecular weight is 420 g/mol. The van der Waals surface area contributed by atoms with E-state index in [-0.39, 0.29) is 11.1 Å². The number of anilines is 2. The molecule has 1 aromatic carbocycles. The first kappa shape index (κ1) is 19.1. The molecule has 7 nitrogen and oxygen atoms in total. The number of halogens is 2. The molecule has 1 aliphatic rings. The monoisotopic (exact) mass is 420 g/mol. The molecule has 3 aromatic heterocycles. The fraction of sp³-hybridized carbons (Fsp3) is 0.182. The topological polar surface area (TPSA) is 75.4 Å². The molecule has 5 rings (SSSR count). The minimum Gasteiger partial charge on any atom is -0.355 e. The number of carbonyl (C=O) groups excluding carboxylic acids is 1. The maximum Gasteiger partial charge on any atom is 0.259 e. The number of rotatable bonds is 4. The van der Waals surface area contributed by atoms with Gasteiger partial charge in [0.25, 0.3) is 5.91 Å². The van der Waals surface area contributed by atoms with Gasteiger partial charge in [-0.05, 0) is 55.3 Å². The highest BCUT2D eigenvalue weighted by Gasteiger charge is 2.19. The molecule has 0 radical (unpaired) electrons. The second kappa shape index (κ2) is 7.42. The molecule has 156 valence electrons. The van der Waals surface area contributed by atoms with E-state index in [0.29, 0.717) is 22.5 Å². The normalized spacial score (nSPS) is 13.3. The molecule has 0 spiro atoms. The third kappa shape index (κ3) is 3.48. The SMILES string of the molecule is Cc1cc(F)c(-c2ccc(N3CCC3)nn2)cc1NC(=O)c1cnn2cc(F)ccc12. The maximum atomic E-state index is 14.7. The van der Waals surface area contributed by atoms with Crippen molar-refractivity contribution >= 4 is 22.9 Å². The molecule has 4 aromatic rings. The molecule has 1 saturated heterocycles. The molecule has 9 heteroatoms. The van der Waals surface area contributed by atoms with Crippen molar-refractivity contribution in [2.75, 3.05) is 23.3 Å². The number of nitrogens with zero attached hydrogens (tertiary/aromatic N) is 5. The third-order valence-corrected chi connectivity index (χ3v) is 5.39. The third-order valence-electron chi connectivity index (χ3n) is 5.39. The van der Waals surface area contributed by atoms with E-state index < -0.39 is 17.5 Å². The summed E-state index contributed by atoms with van der Waals surface area (Å²) >= 11 is 0. The summed E-state index contributed by atoms with van der Waals surface area (Å²) in [5.74, 6) is -0.571. The molecular formula is C22H18F2N6O. The largest absolute Gasteiger partial charge is 0.355 e. The molecule has 4 heterocycles. The van der Waals surface area contributed by atoms with Crippen LogP contribution in [0.25, 0.3) is 16.8 Å². The summed E-state index contributed by atoms with van der Waals surface area (Å²) in [6, 6.07) is 9.17. The van der Waals surface area contributed by atoms with Crippen LogP contribution in [-0.2, 0) is 0 Å². The molecule has 0 saturated carbocycles. The number of hydrogen-bond donors (Lipinski definition) is 1. The molecular weight excluding hydrogens is 402 g/mol. The Morgan fingerprint density at radius 3 is 2.65 bits per heavy atom. The van der Waals surface area contributed by atoms with Crippen LogP contribution in [0.3, 0.4) is 0 Å². The van der Waals surface area contributed by atoms with E-state index in [1.165, 1.54) is 35.1 Å². The van der Waals surface area contributed by atoms with E-state index >= 15 is 0 Å². The summed E-state index contributed by atoms with van der Waals surface area (Å²) < 4.78 is 29.3. The van der Waals surface area contributed by atoms with Gasteiger partial charge in [0.2, 0.25) is 0 Å². The summed E-state index contributed by atoms with van der Waals surface area (Å²) in [7, 11) is 0. The van der Waals surface area contributed by atoms with Crippen molar-refractivity contribution < 1.29 is 13.6 Å². The summed E-state index contributed by atoms with van der Waals surface area (Å²) in [5.41, 5.74) is 2.36. The Morgan fingerprint density at radius 2 is 1.94 bits per heavy atom. The van der Waals surface area contributed by atoms with Gasteiger partial charge >= 0.3 is 0 Å². The lowest BCUT2D eigenvalue weighted by Crippen LogP contribution is -2.37. The Balaban J connectivity index is 1.44. The van der Waals surface area contributed by atoms with Crippen LogP contribution in [0.2, 0.25) is 0 Å². The van der Waals surface area contributed by atoms with Crippen molar-refractivity contribution in [2.24, 2.45) is 0 Å². The minimum absolute atomic E-state index is 0.241. The number of pyridine rings is 1. The van der Waals surface area contributed by atoms with Crippen LogP contribution < -0.4 is 10.2 Å². The lowest BCUT2D eigenvalue weighted by atomic mass is 10.1. The summed E-state index contributed by atoms with van der Waals surface area (Å²) in [6.45, 7) is 3.59. The fourth-order valence-electron chi connectivity index (χ4n) is 3.51. The van der Waals surface area contributed by atoms with E-state index in [2.05, 4.69) is 25.5 Å². The predicted octanol–water partition coefficient (Wildman–Crippen LogP) is 3.84. The molecule has 1 fully saturated rings. The average Bonchev–Trinajstić information content (AvgIpc) is 3.12. The smallest absolute Gasteiger partial charge is 0.259 e. The predicted molar refractivity (Wildman–Crippen MR) is 112 cm³/mol. The van der Waals surface area contributed by atoms with Gasteiger partial charge in [0, 0.05) is 24.3 Å². The molecule has 0 unspecified atom stereocenters. The minimum atomic E-state index is -0.456. The van der Waals surface area contributed by atoms with Crippen LogP contribution in [0.5, 0.6) is 0 Å². The molecule has 1 amide bonds. The van der Waals surface area contributed by atoms with Gasteiger partial charge in [-0.1, -0.05) is 0 Å². The van der Waals surface area contributed by atoms with Crippen molar-refractivity contribution in [3.05, 3.63) is 71.6 Å². The van der Waals surface area contributed by atoms with Crippen LogP contribution >= 0.6 is 0 Å². The number of hydrogen-bond acceptors (Lipinski definition) is 5. The van der Waals surface area contributed by atoms with Crippen LogP contribution in [-0.4, -0.2) is 38.8 Å². The van der Waals surface area contributed by atoms with Crippen molar-refractivity contribution in [3.63, 3.8) is 0 Å². The van der Waals surface area contributed by atoms with Crippen LogP contribution in [0, 0.1) is 18.6 Å².